The SMILES string of the molecule is CC1CC(C)CN(CCCNC(N)=NCC2CCC2)C1.I. The smallest absolute Gasteiger partial charge is 0.188 e. The maximum absolute atomic E-state index is 5.89. The molecule has 1 saturated carbocycles. The Morgan fingerprint density at radius 3 is 2.48 bits per heavy atom. The highest BCUT2D eigenvalue weighted by molar-refractivity contribution is 14.0. The standard InChI is InChI=1S/C16H32N4.HI/c1-13-9-14(2)12-20(11-13)8-4-7-18-16(17)19-10-15-5-3-6-15;/h13-15H,3-12H2,1-2H3,(H3,17,18,19);1H. The highest BCUT2D eigenvalue weighted by Crippen LogP contribution is 2.26. The van der Waals surface area contributed by atoms with Gasteiger partial charge in [0.15, 0.2) is 5.96 Å². The van der Waals surface area contributed by atoms with Gasteiger partial charge in [0.2, 0.25) is 0 Å². The van der Waals surface area contributed by atoms with Crippen LogP contribution in [0.25, 0.3) is 0 Å². The first-order valence-corrected chi connectivity index (χ1v) is 8.39. The number of nitrogens with one attached hydrogen (secondary N) is 1. The van der Waals surface area contributed by atoms with Crippen molar-refractivity contribution in [2.75, 3.05) is 32.7 Å². The van der Waals surface area contributed by atoms with Crippen LogP contribution in [0.3, 0.4) is 0 Å². The summed E-state index contributed by atoms with van der Waals surface area (Å²) in [7, 11) is 0. The van der Waals surface area contributed by atoms with Gasteiger partial charge in [0.1, 0.15) is 0 Å². The molecule has 4 nitrogen and oxygen atoms in total. The van der Waals surface area contributed by atoms with Crippen LogP contribution in [0.5, 0.6) is 0 Å². The first kappa shape index (κ1) is 19.0. The van der Waals surface area contributed by atoms with Gasteiger partial charge in [-0.3, -0.25) is 4.99 Å². The van der Waals surface area contributed by atoms with E-state index in [4.69, 9.17) is 5.73 Å². The second-order valence-corrected chi connectivity index (χ2v) is 7.01. The summed E-state index contributed by atoms with van der Waals surface area (Å²) >= 11 is 0. The van der Waals surface area contributed by atoms with Crippen LogP contribution in [0.1, 0.15) is 46.0 Å². The minimum absolute atomic E-state index is 0. The van der Waals surface area contributed by atoms with Crippen LogP contribution in [0.2, 0.25) is 0 Å². The molecule has 0 radical (unpaired) electrons. The maximum Gasteiger partial charge on any atom is 0.188 e. The molecule has 1 heterocycles. The van der Waals surface area contributed by atoms with Crippen LogP contribution >= 0.6 is 24.0 Å². The molecule has 21 heavy (non-hydrogen) atoms. The van der Waals surface area contributed by atoms with Crippen molar-refractivity contribution >= 4 is 29.9 Å². The molecule has 124 valence electrons. The lowest BCUT2D eigenvalue weighted by atomic mass is 9.86. The number of halogens is 1. The van der Waals surface area contributed by atoms with Crippen molar-refractivity contribution < 1.29 is 0 Å². The third-order valence-electron chi connectivity index (χ3n) is 4.65. The molecule has 0 aromatic rings. The van der Waals surface area contributed by atoms with Crippen molar-refractivity contribution in [3.8, 4) is 0 Å². The summed E-state index contributed by atoms with van der Waals surface area (Å²) in [5.41, 5.74) is 5.89. The average Bonchev–Trinajstić information content (AvgIpc) is 2.31. The Kier molecular flexibility index (Phi) is 8.94. The molecule has 2 atom stereocenters. The molecule has 0 aromatic carbocycles. The van der Waals surface area contributed by atoms with E-state index < -0.39 is 0 Å². The normalized spacial score (nSPS) is 27.8. The predicted octanol–water partition coefficient (Wildman–Crippen LogP) is 2.68. The quantitative estimate of drug-likeness (QED) is 0.308. The van der Waals surface area contributed by atoms with Crippen molar-refractivity contribution in [3.63, 3.8) is 0 Å². The van der Waals surface area contributed by atoms with E-state index in [1.54, 1.807) is 0 Å². The molecule has 2 rings (SSSR count). The lowest BCUT2D eigenvalue weighted by Crippen LogP contribution is -2.40. The highest BCUT2D eigenvalue weighted by Gasteiger charge is 2.21. The van der Waals surface area contributed by atoms with E-state index in [1.807, 2.05) is 0 Å². The lowest BCUT2D eigenvalue weighted by molar-refractivity contribution is 0.140. The zero-order valence-electron chi connectivity index (χ0n) is 13.7. The van der Waals surface area contributed by atoms with Gasteiger partial charge in [-0.1, -0.05) is 20.3 Å². The van der Waals surface area contributed by atoms with Crippen molar-refractivity contribution in [1.82, 2.24) is 10.2 Å². The molecule has 1 saturated heterocycles. The van der Waals surface area contributed by atoms with Crippen molar-refractivity contribution in [1.29, 1.82) is 0 Å². The Balaban J connectivity index is 0.00000220. The molecule has 1 aliphatic heterocycles. The van der Waals surface area contributed by atoms with E-state index in [-0.39, 0.29) is 24.0 Å². The van der Waals surface area contributed by atoms with Gasteiger partial charge in [0.25, 0.3) is 0 Å². The molecular formula is C16H33IN4. The maximum atomic E-state index is 5.89. The third kappa shape index (κ3) is 7.17. The van der Waals surface area contributed by atoms with Crippen molar-refractivity contribution in [3.05, 3.63) is 0 Å². The second-order valence-electron chi connectivity index (χ2n) is 7.01. The summed E-state index contributed by atoms with van der Waals surface area (Å²) in [6.45, 7) is 10.3. The predicted molar refractivity (Wildman–Crippen MR) is 101 cm³/mol. The number of hydrogen-bond acceptors (Lipinski definition) is 2. The molecule has 2 fully saturated rings. The van der Waals surface area contributed by atoms with E-state index in [9.17, 15) is 0 Å². The van der Waals surface area contributed by atoms with E-state index in [1.165, 1.54) is 45.3 Å². The highest BCUT2D eigenvalue weighted by atomic mass is 127. The Morgan fingerprint density at radius 1 is 1.24 bits per heavy atom. The minimum Gasteiger partial charge on any atom is -0.370 e. The second kappa shape index (κ2) is 9.87. The Bertz CT molecular complexity index is 307. The Hall–Kier alpha value is -0.0400. The molecule has 2 aliphatic rings. The number of hydrogen-bond donors (Lipinski definition) is 2. The fourth-order valence-corrected chi connectivity index (χ4v) is 3.45. The molecule has 0 aromatic heterocycles. The number of rotatable bonds is 6. The van der Waals surface area contributed by atoms with Gasteiger partial charge < -0.3 is 16.0 Å². The lowest BCUT2D eigenvalue weighted by Gasteiger charge is -2.34. The van der Waals surface area contributed by atoms with Crippen molar-refractivity contribution in [2.45, 2.75) is 46.0 Å². The monoisotopic (exact) mass is 408 g/mol. The number of likely N-dealkylation sites (tertiary alicyclic amines) is 1. The summed E-state index contributed by atoms with van der Waals surface area (Å²) in [6.07, 6.45) is 6.58. The fourth-order valence-electron chi connectivity index (χ4n) is 3.45. The van der Waals surface area contributed by atoms with Crippen LogP contribution in [0, 0.1) is 17.8 Å². The first-order chi connectivity index (χ1) is 9.63. The molecule has 0 spiro atoms. The average molecular weight is 408 g/mol. The van der Waals surface area contributed by atoms with Gasteiger partial charge >= 0.3 is 0 Å². The Labute approximate surface area is 147 Å². The van der Waals surface area contributed by atoms with E-state index in [2.05, 4.69) is 29.1 Å². The van der Waals surface area contributed by atoms with Gasteiger partial charge in [-0.05, 0) is 50.0 Å². The first-order valence-electron chi connectivity index (χ1n) is 8.39. The fraction of sp³-hybridized carbons (Fsp3) is 0.938. The zero-order chi connectivity index (χ0) is 14.4. The van der Waals surface area contributed by atoms with Crippen LogP contribution in [-0.4, -0.2) is 43.6 Å². The van der Waals surface area contributed by atoms with Gasteiger partial charge in [0, 0.05) is 26.2 Å². The summed E-state index contributed by atoms with van der Waals surface area (Å²) in [4.78, 5) is 7.02. The number of nitrogens with zero attached hydrogens (tertiary/aromatic N) is 2. The molecule has 0 amide bonds. The van der Waals surface area contributed by atoms with Crippen LogP contribution in [-0.2, 0) is 0 Å². The largest absolute Gasteiger partial charge is 0.370 e. The topological polar surface area (TPSA) is 53.6 Å². The Morgan fingerprint density at radius 2 is 1.90 bits per heavy atom. The van der Waals surface area contributed by atoms with Gasteiger partial charge in [-0.2, -0.15) is 0 Å². The molecule has 3 N–H and O–H groups in total. The molecule has 0 bridgehead atoms. The number of aliphatic imine (C=N–C) groups is 1. The third-order valence-corrected chi connectivity index (χ3v) is 4.65. The molecule has 1 aliphatic carbocycles. The number of piperidine rings is 1. The minimum atomic E-state index is 0. The summed E-state index contributed by atoms with van der Waals surface area (Å²) < 4.78 is 0. The summed E-state index contributed by atoms with van der Waals surface area (Å²) in [5, 5.41) is 3.25. The van der Waals surface area contributed by atoms with Crippen LogP contribution in [0.4, 0.5) is 0 Å². The number of nitrogens with two attached hydrogens (primary N) is 1. The molecular weight excluding hydrogens is 375 g/mol. The number of guanidine groups is 1. The summed E-state index contributed by atoms with van der Waals surface area (Å²) in [6, 6.07) is 0. The van der Waals surface area contributed by atoms with Gasteiger partial charge in [-0.25, -0.2) is 0 Å². The van der Waals surface area contributed by atoms with E-state index in [0.717, 1.165) is 37.3 Å². The van der Waals surface area contributed by atoms with Crippen LogP contribution in [0.15, 0.2) is 4.99 Å². The molecule has 5 heteroatoms. The zero-order valence-corrected chi connectivity index (χ0v) is 16.0. The van der Waals surface area contributed by atoms with E-state index in [0.29, 0.717) is 5.96 Å². The van der Waals surface area contributed by atoms with E-state index >= 15 is 0 Å². The molecule has 2 unspecified atom stereocenters. The van der Waals surface area contributed by atoms with Gasteiger partial charge in [0.05, 0.1) is 0 Å². The van der Waals surface area contributed by atoms with Crippen LogP contribution < -0.4 is 11.1 Å². The summed E-state index contributed by atoms with van der Waals surface area (Å²) in [5.74, 6) is 3.13. The van der Waals surface area contributed by atoms with Crippen molar-refractivity contribution in [2.24, 2.45) is 28.5 Å². The van der Waals surface area contributed by atoms with Gasteiger partial charge in [-0.15, -0.1) is 24.0 Å².